The smallest absolute Gasteiger partial charge is 0.234 e. The van der Waals surface area contributed by atoms with Gasteiger partial charge in [-0.3, -0.25) is 9.20 Å². The third-order valence-corrected chi connectivity index (χ3v) is 4.75. The number of thioether (sulfide) groups is 1. The lowest BCUT2D eigenvalue weighted by atomic mass is 10.2. The Morgan fingerprint density at radius 1 is 1.32 bits per heavy atom. The summed E-state index contributed by atoms with van der Waals surface area (Å²) in [4.78, 5) is 16.6. The Labute approximate surface area is 146 Å². The molecule has 0 bridgehead atoms. The van der Waals surface area contributed by atoms with Gasteiger partial charge in [0.2, 0.25) is 11.7 Å². The van der Waals surface area contributed by atoms with Crippen molar-refractivity contribution in [2.24, 2.45) is 0 Å². The molecule has 0 radical (unpaired) electrons. The average molecular weight is 355 g/mol. The number of aryl methyl sites for hydroxylation is 1. The molecule has 1 amide bonds. The van der Waals surface area contributed by atoms with E-state index < -0.39 is 0 Å². The van der Waals surface area contributed by atoms with Gasteiger partial charge in [0.15, 0.2) is 5.16 Å². The number of hydrogen-bond acceptors (Lipinski definition) is 4. The molecule has 0 saturated carbocycles. The summed E-state index contributed by atoms with van der Waals surface area (Å²) in [5.74, 6) is 0.180. The van der Waals surface area contributed by atoms with Crippen LogP contribution >= 0.6 is 11.8 Å². The van der Waals surface area contributed by atoms with Crippen LogP contribution in [0.5, 0.6) is 0 Å². The van der Waals surface area contributed by atoms with Crippen LogP contribution in [-0.2, 0) is 4.79 Å². The lowest BCUT2D eigenvalue weighted by Crippen LogP contribution is -2.15. The van der Waals surface area contributed by atoms with Gasteiger partial charge in [0.25, 0.3) is 0 Å². The van der Waals surface area contributed by atoms with Crippen molar-refractivity contribution in [3.8, 4) is 0 Å². The molecule has 0 unspecified atom stereocenters. The Kier molecular flexibility index (Phi) is 3.89. The van der Waals surface area contributed by atoms with Gasteiger partial charge in [-0.2, -0.15) is 0 Å². The zero-order valence-electron chi connectivity index (χ0n) is 13.3. The Bertz CT molecular complexity index is 1090. The number of carbonyl (C=O) groups is 1. The maximum absolute atomic E-state index is 13.3. The molecule has 2 heterocycles. The zero-order chi connectivity index (χ0) is 17.4. The predicted octanol–water partition coefficient (Wildman–Crippen LogP) is 3.39. The fraction of sp³-hybridized carbons (Fsp3) is 0.118. The van der Waals surface area contributed by atoms with Crippen molar-refractivity contribution in [2.45, 2.75) is 12.1 Å². The Morgan fingerprint density at radius 3 is 3.04 bits per heavy atom. The number of para-hydroxylation sites is 2. The first-order valence-corrected chi connectivity index (χ1v) is 8.61. The van der Waals surface area contributed by atoms with Crippen molar-refractivity contribution in [1.29, 1.82) is 0 Å². The van der Waals surface area contributed by atoms with Crippen LogP contribution in [0.1, 0.15) is 5.56 Å². The van der Waals surface area contributed by atoms with Gasteiger partial charge < -0.3 is 5.32 Å². The average Bonchev–Trinajstić information content (AvgIpc) is 3.15. The zero-order valence-corrected chi connectivity index (χ0v) is 14.1. The van der Waals surface area contributed by atoms with E-state index in [1.807, 2.05) is 35.6 Å². The lowest BCUT2D eigenvalue weighted by Gasteiger charge is -2.07. The molecule has 0 spiro atoms. The Morgan fingerprint density at radius 2 is 2.16 bits per heavy atom. The van der Waals surface area contributed by atoms with Gasteiger partial charge in [-0.25, -0.2) is 14.5 Å². The van der Waals surface area contributed by atoms with Gasteiger partial charge >= 0.3 is 0 Å². The summed E-state index contributed by atoms with van der Waals surface area (Å²) in [6.45, 7) is 1.82. The third-order valence-electron chi connectivity index (χ3n) is 3.81. The van der Waals surface area contributed by atoms with Crippen molar-refractivity contribution >= 4 is 40.2 Å². The van der Waals surface area contributed by atoms with E-state index in [1.165, 1.54) is 23.9 Å². The van der Waals surface area contributed by atoms with E-state index in [1.54, 1.807) is 6.07 Å². The molecule has 6 nitrogen and oxygen atoms in total. The number of H-pyrrole nitrogens is 1. The van der Waals surface area contributed by atoms with Gasteiger partial charge in [0, 0.05) is 5.69 Å². The molecular weight excluding hydrogens is 341 g/mol. The summed E-state index contributed by atoms with van der Waals surface area (Å²) in [5.41, 5.74) is 3.07. The van der Waals surface area contributed by atoms with Gasteiger partial charge in [-0.15, -0.1) is 5.10 Å². The lowest BCUT2D eigenvalue weighted by molar-refractivity contribution is -0.113. The van der Waals surface area contributed by atoms with Crippen LogP contribution in [0.2, 0.25) is 0 Å². The Balaban J connectivity index is 1.52. The second-order valence-electron chi connectivity index (χ2n) is 5.56. The largest absolute Gasteiger partial charge is 0.325 e. The second kappa shape index (κ2) is 6.21. The number of aromatic nitrogens is 4. The van der Waals surface area contributed by atoms with Crippen LogP contribution in [0.3, 0.4) is 0 Å². The first-order valence-electron chi connectivity index (χ1n) is 7.62. The molecule has 25 heavy (non-hydrogen) atoms. The quantitative estimate of drug-likeness (QED) is 0.550. The van der Waals surface area contributed by atoms with E-state index in [0.717, 1.165) is 16.6 Å². The molecule has 0 aliphatic rings. The van der Waals surface area contributed by atoms with Crippen molar-refractivity contribution in [2.75, 3.05) is 11.1 Å². The molecule has 0 aliphatic heterocycles. The van der Waals surface area contributed by atoms with Crippen LogP contribution in [-0.4, -0.2) is 31.2 Å². The SMILES string of the molecule is Cc1ccc(F)cc1NC(=O)CSc1n[nH]c2nc3ccccc3n12. The molecular formula is C17H14FN5OS. The van der Waals surface area contributed by atoms with E-state index in [9.17, 15) is 9.18 Å². The molecule has 0 aliphatic carbocycles. The van der Waals surface area contributed by atoms with E-state index >= 15 is 0 Å². The number of carbonyl (C=O) groups excluding carboxylic acids is 1. The molecule has 126 valence electrons. The number of fused-ring (bicyclic) bond motifs is 3. The maximum Gasteiger partial charge on any atom is 0.234 e. The second-order valence-corrected chi connectivity index (χ2v) is 6.50. The number of amides is 1. The maximum atomic E-state index is 13.3. The van der Waals surface area contributed by atoms with E-state index in [2.05, 4.69) is 20.5 Å². The minimum atomic E-state index is -0.382. The van der Waals surface area contributed by atoms with Crippen molar-refractivity contribution < 1.29 is 9.18 Å². The molecule has 2 aromatic carbocycles. The topological polar surface area (TPSA) is 75.1 Å². The molecule has 2 N–H and O–H groups in total. The van der Waals surface area contributed by atoms with Crippen LogP contribution in [0.25, 0.3) is 16.8 Å². The first-order chi connectivity index (χ1) is 12.1. The number of rotatable bonds is 4. The summed E-state index contributed by atoms with van der Waals surface area (Å²) < 4.78 is 15.2. The first kappa shape index (κ1) is 15.6. The van der Waals surface area contributed by atoms with Crippen LogP contribution < -0.4 is 5.32 Å². The minimum Gasteiger partial charge on any atom is -0.325 e. The predicted molar refractivity (Wildman–Crippen MR) is 95.3 cm³/mol. The Hall–Kier alpha value is -2.87. The number of anilines is 1. The number of nitrogens with zero attached hydrogens (tertiary/aromatic N) is 3. The fourth-order valence-electron chi connectivity index (χ4n) is 2.58. The highest BCUT2D eigenvalue weighted by Gasteiger charge is 2.14. The summed E-state index contributed by atoms with van der Waals surface area (Å²) >= 11 is 1.29. The standard InChI is InChI=1S/C17H14FN5OS/c1-10-6-7-11(18)8-13(10)19-15(24)9-25-17-22-21-16-20-12-4-2-3-5-14(12)23(16)17/h2-8H,9H2,1H3,(H,19,24)(H,20,21). The monoisotopic (exact) mass is 355 g/mol. The van der Waals surface area contributed by atoms with Crippen LogP contribution in [0, 0.1) is 12.7 Å². The molecule has 4 aromatic rings. The van der Waals surface area contributed by atoms with E-state index in [-0.39, 0.29) is 17.5 Å². The van der Waals surface area contributed by atoms with Crippen molar-refractivity contribution in [3.05, 3.63) is 53.8 Å². The third kappa shape index (κ3) is 2.96. The highest BCUT2D eigenvalue weighted by atomic mass is 32.2. The molecule has 2 aromatic heterocycles. The number of aromatic amines is 1. The van der Waals surface area contributed by atoms with Gasteiger partial charge in [-0.05, 0) is 36.8 Å². The van der Waals surface area contributed by atoms with E-state index in [0.29, 0.717) is 16.6 Å². The number of benzene rings is 2. The molecule has 4 rings (SSSR count). The number of nitrogens with one attached hydrogen (secondary N) is 2. The van der Waals surface area contributed by atoms with Gasteiger partial charge in [0.1, 0.15) is 5.82 Å². The number of imidazole rings is 1. The van der Waals surface area contributed by atoms with E-state index in [4.69, 9.17) is 0 Å². The van der Waals surface area contributed by atoms with Crippen LogP contribution in [0.4, 0.5) is 10.1 Å². The fourth-order valence-corrected chi connectivity index (χ4v) is 3.34. The number of halogens is 1. The normalized spacial score (nSPS) is 11.3. The van der Waals surface area contributed by atoms with Gasteiger partial charge in [0.05, 0.1) is 16.8 Å². The molecule has 0 atom stereocenters. The van der Waals surface area contributed by atoms with Crippen molar-refractivity contribution in [3.63, 3.8) is 0 Å². The highest BCUT2D eigenvalue weighted by Crippen LogP contribution is 2.23. The van der Waals surface area contributed by atoms with Crippen LogP contribution in [0.15, 0.2) is 47.6 Å². The minimum absolute atomic E-state index is 0.155. The molecule has 8 heteroatoms. The van der Waals surface area contributed by atoms with Gasteiger partial charge in [-0.1, -0.05) is 30.0 Å². The number of hydrogen-bond donors (Lipinski definition) is 2. The molecule has 0 fully saturated rings. The highest BCUT2D eigenvalue weighted by molar-refractivity contribution is 7.99. The summed E-state index contributed by atoms with van der Waals surface area (Å²) in [6.07, 6.45) is 0. The van der Waals surface area contributed by atoms with Crippen molar-refractivity contribution in [1.82, 2.24) is 19.6 Å². The summed E-state index contributed by atoms with van der Waals surface area (Å²) in [5, 5.41) is 10.5. The molecule has 0 saturated heterocycles. The summed E-state index contributed by atoms with van der Waals surface area (Å²) in [7, 11) is 0. The summed E-state index contributed by atoms with van der Waals surface area (Å²) in [6, 6.07) is 12.0.